The Labute approximate surface area is 105 Å². The summed E-state index contributed by atoms with van der Waals surface area (Å²) in [6.07, 6.45) is 0. The first-order chi connectivity index (χ1) is 8.67. The van der Waals surface area contributed by atoms with Gasteiger partial charge >= 0.3 is 5.97 Å². The van der Waals surface area contributed by atoms with Gasteiger partial charge in [0.1, 0.15) is 11.4 Å². The van der Waals surface area contributed by atoms with Crippen molar-refractivity contribution in [3.05, 3.63) is 30.0 Å². The van der Waals surface area contributed by atoms with Crippen LogP contribution in [0.25, 0.3) is 10.9 Å². The number of ether oxygens (including phenoxy) is 2. The quantitative estimate of drug-likeness (QED) is 0.880. The molecule has 0 unspecified atom stereocenters. The average Bonchev–Trinajstić information content (AvgIpc) is 2.74. The van der Waals surface area contributed by atoms with E-state index >= 15 is 0 Å². The van der Waals surface area contributed by atoms with Gasteiger partial charge in [0.15, 0.2) is 0 Å². The van der Waals surface area contributed by atoms with Crippen molar-refractivity contribution in [1.82, 2.24) is 4.57 Å². The molecular formula is C13H15NO4. The molecule has 96 valence electrons. The number of fused-ring (bicyclic) bond motifs is 1. The highest BCUT2D eigenvalue weighted by molar-refractivity contribution is 5.95. The van der Waals surface area contributed by atoms with E-state index in [4.69, 9.17) is 9.47 Å². The molecule has 1 heterocycles. The lowest BCUT2D eigenvalue weighted by atomic mass is 10.2. The van der Waals surface area contributed by atoms with Gasteiger partial charge in [0.25, 0.3) is 0 Å². The third-order valence-corrected chi connectivity index (χ3v) is 2.85. The molecule has 0 aliphatic heterocycles. The van der Waals surface area contributed by atoms with E-state index in [9.17, 15) is 9.90 Å². The fourth-order valence-corrected chi connectivity index (χ4v) is 1.96. The third-order valence-electron chi connectivity index (χ3n) is 2.85. The maximum absolute atomic E-state index is 11.2. The van der Waals surface area contributed by atoms with Crippen LogP contribution >= 0.6 is 0 Å². The Bertz CT molecular complexity index is 574. The first-order valence-electron chi connectivity index (χ1n) is 5.57. The number of carboxylic acid groups (broad SMARTS) is 1. The minimum absolute atomic E-state index is 0.260. The lowest BCUT2D eigenvalue weighted by Gasteiger charge is -2.08. The number of nitrogens with zero attached hydrogens (tertiary/aromatic N) is 1. The van der Waals surface area contributed by atoms with E-state index in [2.05, 4.69) is 0 Å². The van der Waals surface area contributed by atoms with Crippen LogP contribution in [0.15, 0.2) is 24.3 Å². The molecule has 2 aromatic rings. The van der Waals surface area contributed by atoms with E-state index in [0.29, 0.717) is 18.9 Å². The molecule has 0 radical (unpaired) electrons. The first kappa shape index (κ1) is 12.4. The zero-order chi connectivity index (χ0) is 13.1. The summed E-state index contributed by atoms with van der Waals surface area (Å²) in [5, 5.41) is 10.1. The molecule has 0 bridgehead atoms. The molecule has 5 heteroatoms. The third kappa shape index (κ3) is 2.17. The lowest BCUT2D eigenvalue weighted by Crippen LogP contribution is -2.11. The minimum Gasteiger partial charge on any atom is -0.497 e. The molecule has 1 aromatic carbocycles. The van der Waals surface area contributed by atoms with E-state index in [-0.39, 0.29) is 5.69 Å². The maximum atomic E-state index is 11.2. The van der Waals surface area contributed by atoms with Crippen LogP contribution in [-0.2, 0) is 11.3 Å². The summed E-state index contributed by atoms with van der Waals surface area (Å²) in [5.41, 5.74) is 1.10. The predicted molar refractivity (Wildman–Crippen MR) is 67.3 cm³/mol. The number of aromatic nitrogens is 1. The van der Waals surface area contributed by atoms with Crippen molar-refractivity contribution in [2.24, 2.45) is 0 Å². The molecular weight excluding hydrogens is 234 g/mol. The smallest absolute Gasteiger partial charge is 0.352 e. The summed E-state index contributed by atoms with van der Waals surface area (Å²) in [5.74, 6) is -0.238. The van der Waals surface area contributed by atoms with E-state index in [1.54, 1.807) is 24.9 Å². The Morgan fingerprint density at radius 1 is 1.33 bits per heavy atom. The second-order valence-electron chi connectivity index (χ2n) is 3.90. The van der Waals surface area contributed by atoms with Crippen molar-refractivity contribution in [1.29, 1.82) is 0 Å². The van der Waals surface area contributed by atoms with E-state index in [0.717, 1.165) is 10.9 Å². The van der Waals surface area contributed by atoms with Crippen molar-refractivity contribution >= 4 is 16.9 Å². The van der Waals surface area contributed by atoms with Crippen LogP contribution in [0.5, 0.6) is 5.75 Å². The molecule has 18 heavy (non-hydrogen) atoms. The van der Waals surface area contributed by atoms with Crippen LogP contribution in [0.2, 0.25) is 0 Å². The number of aromatic carboxylic acids is 1. The molecule has 1 N–H and O–H groups in total. The van der Waals surface area contributed by atoms with E-state index < -0.39 is 5.97 Å². The SMILES string of the molecule is COCCn1c(C(=O)O)cc2ccc(OC)cc21. The predicted octanol–water partition coefficient (Wildman–Crippen LogP) is 1.99. The number of benzene rings is 1. The number of carbonyl (C=O) groups is 1. The Balaban J connectivity index is 2.58. The van der Waals surface area contributed by atoms with E-state index in [1.807, 2.05) is 18.2 Å². The van der Waals surface area contributed by atoms with Crippen molar-refractivity contribution in [2.45, 2.75) is 6.54 Å². The van der Waals surface area contributed by atoms with Gasteiger partial charge in [-0.1, -0.05) is 0 Å². The van der Waals surface area contributed by atoms with Gasteiger partial charge in [-0.25, -0.2) is 4.79 Å². The van der Waals surface area contributed by atoms with Crippen molar-refractivity contribution in [3.63, 3.8) is 0 Å². The van der Waals surface area contributed by atoms with Gasteiger partial charge in [-0.2, -0.15) is 0 Å². The molecule has 0 aliphatic carbocycles. The topological polar surface area (TPSA) is 60.7 Å². The second kappa shape index (κ2) is 5.10. The largest absolute Gasteiger partial charge is 0.497 e. The van der Waals surface area contributed by atoms with Crippen LogP contribution in [0.1, 0.15) is 10.5 Å². The number of methoxy groups -OCH3 is 2. The fraction of sp³-hybridized carbons (Fsp3) is 0.308. The summed E-state index contributed by atoms with van der Waals surface area (Å²) in [7, 11) is 3.18. The molecule has 5 nitrogen and oxygen atoms in total. The molecule has 0 aliphatic rings. The van der Waals surface area contributed by atoms with Crippen LogP contribution in [0, 0.1) is 0 Å². The van der Waals surface area contributed by atoms with Crippen LogP contribution in [0.3, 0.4) is 0 Å². The Morgan fingerprint density at radius 2 is 2.11 bits per heavy atom. The fourth-order valence-electron chi connectivity index (χ4n) is 1.96. The molecule has 0 saturated carbocycles. The summed E-state index contributed by atoms with van der Waals surface area (Å²) < 4.78 is 11.9. The molecule has 2 rings (SSSR count). The first-order valence-corrected chi connectivity index (χ1v) is 5.57. The zero-order valence-corrected chi connectivity index (χ0v) is 10.3. The van der Waals surface area contributed by atoms with Gasteiger partial charge in [0.05, 0.1) is 19.2 Å². The average molecular weight is 249 g/mol. The number of rotatable bonds is 5. The Hall–Kier alpha value is -2.01. The monoisotopic (exact) mass is 249 g/mol. The highest BCUT2D eigenvalue weighted by Gasteiger charge is 2.14. The van der Waals surface area contributed by atoms with Gasteiger partial charge < -0.3 is 19.1 Å². The minimum atomic E-state index is -0.943. The number of hydrogen-bond acceptors (Lipinski definition) is 3. The van der Waals surface area contributed by atoms with Gasteiger partial charge in [-0.15, -0.1) is 0 Å². The van der Waals surface area contributed by atoms with Crippen LogP contribution in [-0.4, -0.2) is 36.5 Å². The normalized spacial score (nSPS) is 10.8. The summed E-state index contributed by atoms with van der Waals surface area (Å²) >= 11 is 0. The standard InChI is InChI=1S/C13H15NO4/c1-17-6-5-14-11-8-10(18-2)4-3-9(11)7-12(14)13(15)16/h3-4,7-8H,5-6H2,1-2H3,(H,15,16). The Kier molecular flexibility index (Phi) is 3.53. The lowest BCUT2D eigenvalue weighted by molar-refractivity contribution is 0.0683. The Morgan fingerprint density at radius 3 is 2.72 bits per heavy atom. The molecule has 0 fully saturated rings. The van der Waals surface area contributed by atoms with Crippen molar-refractivity contribution in [3.8, 4) is 5.75 Å². The molecule has 0 spiro atoms. The van der Waals surface area contributed by atoms with Gasteiger partial charge in [0.2, 0.25) is 0 Å². The summed E-state index contributed by atoms with van der Waals surface area (Å²) in [4.78, 5) is 11.2. The highest BCUT2D eigenvalue weighted by atomic mass is 16.5. The highest BCUT2D eigenvalue weighted by Crippen LogP contribution is 2.24. The summed E-state index contributed by atoms with van der Waals surface area (Å²) in [6.45, 7) is 0.954. The second-order valence-corrected chi connectivity index (χ2v) is 3.90. The number of hydrogen-bond donors (Lipinski definition) is 1. The molecule has 0 atom stereocenters. The van der Waals surface area contributed by atoms with E-state index in [1.165, 1.54) is 0 Å². The molecule has 0 amide bonds. The van der Waals surface area contributed by atoms with Crippen LogP contribution in [0.4, 0.5) is 0 Å². The van der Waals surface area contributed by atoms with Gasteiger partial charge in [-0.3, -0.25) is 0 Å². The van der Waals surface area contributed by atoms with Gasteiger partial charge in [-0.05, 0) is 18.2 Å². The van der Waals surface area contributed by atoms with Crippen molar-refractivity contribution < 1.29 is 19.4 Å². The van der Waals surface area contributed by atoms with Crippen molar-refractivity contribution in [2.75, 3.05) is 20.8 Å². The summed E-state index contributed by atoms with van der Waals surface area (Å²) in [6, 6.07) is 7.16. The number of carboxylic acids is 1. The van der Waals surface area contributed by atoms with Crippen LogP contribution < -0.4 is 4.74 Å². The molecule has 0 saturated heterocycles. The maximum Gasteiger partial charge on any atom is 0.352 e. The molecule has 1 aromatic heterocycles. The van der Waals surface area contributed by atoms with Gasteiger partial charge in [0, 0.05) is 25.1 Å². The zero-order valence-electron chi connectivity index (χ0n) is 10.3.